The molecule has 1 saturated heterocycles. The molecule has 7 heteroatoms. The molecule has 0 spiro atoms. The Kier molecular flexibility index (Phi) is 3.62. The van der Waals surface area contributed by atoms with Crippen molar-refractivity contribution in [2.24, 2.45) is 0 Å². The maximum Gasteiger partial charge on any atom is 0.325 e. The molecule has 0 aromatic carbocycles. The molecule has 0 bridgehead atoms. The summed E-state index contributed by atoms with van der Waals surface area (Å²) in [6, 6.07) is 1.31. The van der Waals surface area contributed by atoms with E-state index >= 15 is 0 Å². The van der Waals surface area contributed by atoms with Gasteiger partial charge < -0.3 is 10.2 Å². The highest BCUT2D eigenvalue weighted by atomic mass is 16.2. The van der Waals surface area contributed by atoms with E-state index in [-0.39, 0.29) is 32.0 Å². The molecule has 4 amide bonds. The number of imide groups is 1. The lowest BCUT2D eigenvalue weighted by molar-refractivity contribution is -0.121. The lowest BCUT2D eigenvalue weighted by atomic mass is 10.4. The fourth-order valence-electron chi connectivity index (χ4n) is 1.10. The van der Waals surface area contributed by atoms with Crippen LogP contribution in [0.3, 0.4) is 0 Å². The fourth-order valence-corrected chi connectivity index (χ4v) is 1.10. The Labute approximate surface area is 86.0 Å². The summed E-state index contributed by atoms with van der Waals surface area (Å²) < 4.78 is 0. The molecule has 0 aromatic heterocycles. The van der Waals surface area contributed by atoms with Crippen molar-refractivity contribution in [3.63, 3.8) is 0 Å². The predicted octanol–water partition coefficient (Wildman–Crippen LogP) is -1.43. The van der Waals surface area contributed by atoms with Gasteiger partial charge in [0.15, 0.2) is 0 Å². The Morgan fingerprint density at radius 2 is 2.33 bits per heavy atom. The van der Waals surface area contributed by atoms with E-state index in [1.165, 1.54) is 0 Å². The van der Waals surface area contributed by atoms with Gasteiger partial charge >= 0.3 is 6.03 Å². The Morgan fingerprint density at radius 1 is 1.60 bits per heavy atom. The summed E-state index contributed by atoms with van der Waals surface area (Å²) in [7, 11) is 0. The van der Waals surface area contributed by atoms with Crippen molar-refractivity contribution in [1.29, 1.82) is 5.26 Å². The van der Waals surface area contributed by atoms with Gasteiger partial charge in [-0.2, -0.15) is 5.26 Å². The van der Waals surface area contributed by atoms with Crippen LogP contribution in [0.4, 0.5) is 4.79 Å². The van der Waals surface area contributed by atoms with Crippen LogP contribution in [-0.4, -0.2) is 42.4 Å². The number of amides is 4. The molecule has 0 atom stereocenters. The van der Waals surface area contributed by atoms with E-state index in [2.05, 4.69) is 10.6 Å². The number of rotatable bonds is 4. The molecule has 80 valence electrons. The molecule has 0 saturated carbocycles. The van der Waals surface area contributed by atoms with Crippen molar-refractivity contribution in [2.75, 3.05) is 19.6 Å². The quantitative estimate of drug-likeness (QED) is 0.438. The van der Waals surface area contributed by atoms with E-state index in [0.717, 1.165) is 4.90 Å². The number of nitriles is 1. The lowest BCUT2D eigenvalue weighted by Gasteiger charge is -2.11. The molecule has 1 heterocycles. The van der Waals surface area contributed by atoms with Crippen LogP contribution in [0.2, 0.25) is 0 Å². The number of carbonyl (C=O) groups is 3. The largest absolute Gasteiger partial charge is 0.354 e. The number of nitrogens with zero attached hydrogens (tertiary/aromatic N) is 2. The van der Waals surface area contributed by atoms with Crippen LogP contribution in [0.1, 0.15) is 6.42 Å². The molecular weight excluding hydrogens is 200 g/mol. The zero-order valence-electron chi connectivity index (χ0n) is 7.95. The van der Waals surface area contributed by atoms with Crippen LogP contribution < -0.4 is 10.6 Å². The average molecular weight is 210 g/mol. The maximum absolute atomic E-state index is 11.2. The zero-order valence-corrected chi connectivity index (χ0v) is 7.95. The molecule has 15 heavy (non-hydrogen) atoms. The molecule has 7 nitrogen and oxygen atoms in total. The van der Waals surface area contributed by atoms with Crippen molar-refractivity contribution >= 4 is 17.8 Å². The van der Waals surface area contributed by atoms with E-state index in [9.17, 15) is 14.4 Å². The van der Waals surface area contributed by atoms with Crippen molar-refractivity contribution in [1.82, 2.24) is 15.5 Å². The van der Waals surface area contributed by atoms with Crippen LogP contribution in [-0.2, 0) is 9.59 Å². The third-order valence-corrected chi connectivity index (χ3v) is 1.76. The third-order valence-electron chi connectivity index (χ3n) is 1.76. The first-order chi connectivity index (χ1) is 7.13. The van der Waals surface area contributed by atoms with E-state index < -0.39 is 11.9 Å². The van der Waals surface area contributed by atoms with Gasteiger partial charge in [0.25, 0.3) is 0 Å². The van der Waals surface area contributed by atoms with Gasteiger partial charge in [0, 0.05) is 6.54 Å². The second kappa shape index (κ2) is 4.95. The smallest absolute Gasteiger partial charge is 0.325 e. The number of carbonyl (C=O) groups excluding carboxylic acids is 3. The molecule has 0 unspecified atom stereocenters. The maximum atomic E-state index is 11.2. The van der Waals surface area contributed by atoms with Gasteiger partial charge in [-0.3, -0.25) is 14.9 Å². The normalized spacial score (nSPS) is 14.7. The summed E-state index contributed by atoms with van der Waals surface area (Å²) >= 11 is 0. The zero-order chi connectivity index (χ0) is 11.3. The molecule has 1 aliphatic heterocycles. The fraction of sp³-hybridized carbons (Fsp3) is 0.500. The van der Waals surface area contributed by atoms with Crippen LogP contribution in [0.15, 0.2) is 0 Å². The van der Waals surface area contributed by atoms with E-state index in [0.29, 0.717) is 0 Å². The van der Waals surface area contributed by atoms with E-state index in [4.69, 9.17) is 5.26 Å². The molecule has 0 aliphatic carbocycles. The van der Waals surface area contributed by atoms with Crippen LogP contribution in [0.25, 0.3) is 0 Å². The molecule has 0 aromatic rings. The Hall–Kier alpha value is -2.10. The standard InChI is InChI=1S/C8H10N4O3/c9-2-1-3-10-6(13)4-12-5-7(14)11-8(12)15/h1,3-5H2,(H,10,13)(H,11,14,15). The Morgan fingerprint density at radius 3 is 2.87 bits per heavy atom. The highest BCUT2D eigenvalue weighted by molar-refractivity contribution is 6.03. The summed E-state index contributed by atoms with van der Waals surface area (Å²) in [4.78, 5) is 34.0. The van der Waals surface area contributed by atoms with Crippen molar-refractivity contribution in [3.8, 4) is 6.07 Å². The topological polar surface area (TPSA) is 102 Å². The number of hydrogen-bond donors (Lipinski definition) is 2. The first-order valence-electron chi connectivity index (χ1n) is 4.36. The molecule has 2 N–H and O–H groups in total. The highest BCUT2D eigenvalue weighted by Gasteiger charge is 2.27. The minimum absolute atomic E-state index is 0.0928. The Balaban J connectivity index is 2.29. The lowest BCUT2D eigenvalue weighted by Crippen LogP contribution is -2.39. The second-order valence-electron chi connectivity index (χ2n) is 2.97. The highest BCUT2D eigenvalue weighted by Crippen LogP contribution is 1.96. The van der Waals surface area contributed by atoms with Gasteiger partial charge in [-0.15, -0.1) is 0 Å². The van der Waals surface area contributed by atoms with Crippen molar-refractivity contribution in [3.05, 3.63) is 0 Å². The first-order valence-corrected chi connectivity index (χ1v) is 4.36. The summed E-state index contributed by atoms with van der Waals surface area (Å²) in [5.74, 6) is -0.792. The van der Waals surface area contributed by atoms with Crippen LogP contribution in [0, 0.1) is 11.3 Å². The summed E-state index contributed by atoms with van der Waals surface area (Å²) in [6.45, 7) is -0.00769. The average Bonchev–Trinajstić information content (AvgIpc) is 2.45. The SMILES string of the molecule is N#CCCNC(=O)CN1CC(=O)NC1=O. The predicted molar refractivity (Wildman–Crippen MR) is 48.4 cm³/mol. The van der Waals surface area contributed by atoms with Gasteiger partial charge in [0.1, 0.15) is 13.1 Å². The first kappa shape index (κ1) is 11.0. The minimum Gasteiger partial charge on any atom is -0.354 e. The molecule has 1 fully saturated rings. The molecule has 1 rings (SSSR count). The van der Waals surface area contributed by atoms with E-state index in [1.54, 1.807) is 0 Å². The number of nitrogens with one attached hydrogen (secondary N) is 2. The minimum atomic E-state index is -0.560. The van der Waals surface area contributed by atoms with Gasteiger partial charge in [-0.05, 0) is 0 Å². The summed E-state index contributed by atoms with van der Waals surface area (Å²) in [5.41, 5.74) is 0. The number of urea groups is 1. The monoisotopic (exact) mass is 210 g/mol. The van der Waals surface area contributed by atoms with E-state index in [1.807, 2.05) is 6.07 Å². The van der Waals surface area contributed by atoms with Crippen molar-refractivity contribution < 1.29 is 14.4 Å². The molecule has 1 aliphatic rings. The summed E-state index contributed by atoms with van der Waals surface area (Å²) in [6.07, 6.45) is 0.219. The van der Waals surface area contributed by atoms with Crippen molar-refractivity contribution in [2.45, 2.75) is 6.42 Å². The number of hydrogen-bond acceptors (Lipinski definition) is 4. The Bertz CT molecular complexity index is 333. The second-order valence-corrected chi connectivity index (χ2v) is 2.97. The summed E-state index contributed by atoms with van der Waals surface area (Å²) in [5, 5.41) is 12.7. The van der Waals surface area contributed by atoms with Gasteiger partial charge in [0.05, 0.1) is 12.5 Å². The van der Waals surface area contributed by atoms with Gasteiger partial charge in [0.2, 0.25) is 11.8 Å². The molecule has 0 radical (unpaired) electrons. The molecular formula is C8H10N4O3. The van der Waals surface area contributed by atoms with Crippen LogP contribution in [0.5, 0.6) is 0 Å². The van der Waals surface area contributed by atoms with Crippen LogP contribution >= 0.6 is 0 Å². The van der Waals surface area contributed by atoms with Gasteiger partial charge in [-0.1, -0.05) is 0 Å². The third kappa shape index (κ3) is 3.27. The van der Waals surface area contributed by atoms with Gasteiger partial charge in [-0.25, -0.2) is 4.79 Å².